The zero-order valence-electron chi connectivity index (χ0n) is 17.9. The second-order valence-corrected chi connectivity index (χ2v) is 9.35. The fraction of sp³-hybridized carbons (Fsp3) is 0.182. The lowest BCUT2D eigenvalue weighted by Crippen LogP contribution is -2.39. The van der Waals surface area contributed by atoms with Crippen molar-refractivity contribution in [2.75, 3.05) is 11.1 Å². The first-order valence-electron chi connectivity index (χ1n) is 9.61. The monoisotopic (exact) mass is 550 g/mol. The Morgan fingerprint density at radius 3 is 2.45 bits per heavy atom. The lowest BCUT2D eigenvalue weighted by atomic mass is 10.2. The van der Waals surface area contributed by atoms with Gasteiger partial charge in [0.2, 0.25) is 11.8 Å². The van der Waals surface area contributed by atoms with E-state index in [1.807, 2.05) is 19.1 Å². The fourth-order valence-electron chi connectivity index (χ4n) is 2.87. The van der Waals surface area contributed by atoms with Crippen LogP contribution in [0.25, 0.3) is 0 Å². The van der Waals surface area contributed by atoms with Gasteiger partial charge >= 0.3 is 5.69 Å². The highest BCUT2D eigenvalue weighted by atomic mass is 79.9. The van der Waals surface area contributed by atoms with Gasteiger partial charge in [0.15, 0.2) is 0 Å². The van der Waals surface area contributed by atoms with Gasteiger partial charge in [-0.1, -0.05) is 39.3 Å². The number of carbonyl (C=O) groups is 1. The van der Waals surface area contributed by atoms with Gasteiger partial charge in [0.05, 0.1) is 11.4 Å². The quantitative estimate of drug-likeness (QED) is 0.369. The Balaban J connectivity index is 1.96. The predicted molar refractivity (Wildman–Crippen MR) is 136 cm³/mol. The molecule has 0 aliphatic heterocycles. The third kappa shape index (κ3) is 5.76. The zero-order valence-corrected chi connectivity index (χ0v) is 21.1. The van der Waals surface area contributed by atoms with E-state index in [9.17, 15) is 19.5 Å². The zero-order chi connectivity index (χ0) is 24.3. The number of aromatic hydroxyl groups is 1. The summed E-state index contributed by atoms with van der Waals surface area (Å²) in [6.07, 6.45) is 0. The molecule has 0 saturated heterocycles. The Morgan fingerprint density at radius 1 is 1.15 bits per heavy atom. The molecule has 33 heavy (non-hydrogen) atoms. The maximum absolute atomic E-state index is 12.8. The average Bonchev–Trinajstić information content (AvgIpc) is 2.78. The molecule has 0 saturated carbocycles. The summed E-state index contributed by atoms with van der Waals surface area (Å²) in [7, 11) is 2.65. The van der Waals surface area contributed by atoms with Crippen LogP contribution >= 0.6 is 39.3 Å². The van der Waals surface area contributed by atoms with Gasteiger partial charge in [0.25, 0.3) is 5.56 Å². The Kier molecular flexibility index (Phi) is 7.83. The van der Waals surface area contributed by atoms with Crippen molar-refractivity contribution in [3.05, 3.63) is 83.9 Å². The lowest BCUT2D eigenvalue weighted by Gasteiger charge is -2.13. The first kappa shape index (κ1) is 24.8. The number of aliphatic imine (C=N–C) groups is 1. The SMILES string of the molecule is Cc1cc(NC(=O)CSC(=Nc2ccc(Cl)cc2)c2c(O)n(C)c(=O)n(C)c2=O)ccc1Br. The molecule has 1 heterocycles. The summed E-state index contributed by atoms with van der Waals surface area (Å²) >= 11 is 10.3. The smallest absolute Gasteiger partial charge is 0.333 e. The van der Waals surface area contributed by atoms with Crippen LogP contribution in [0.4, 0.5) is 11.4 Å². The van der Waals surface area contributed by atoms with Gasteiger partial charge in [-0.25, -0.2) is 9.79 Å². The number of nitrogens with zero attached hydrogens (tertiary/aromatic N) is 3. The molecular formula is C22H20BrClN4O4S. The van der Waals surface area contributed by atoms with E-state index in [-0.39, 0.29) is 22.3 Å². The molecule has 0 bridgehead atoms. The molecule has 0 fully saturated rings. The second kappa shape index (κ2) is 10.4. The third-order valence-corrected chi connectivity index (χ3v) is 6.80. The Hall–Kier alpha value is -2.82. The van der Waals surface area contributed by atoms with Crippen LogP contribution in [0, 0.1) is 6.92 Å². The Labute approximate surface area is 207 Å². The van der Waals surface area contributed by atoms with Gasteiger partial charge in [0, 0.05) is 29.3 Å². The number of aromatic nitrogens is 2. The maximum atomic E-state index is 12.8. The van der Waals surface area contributed by atoms with Gasteiger partial charge in [0.1, 0.15) is 10.6 Å². The van der Waals surface area contributed by atoms with E-state index in [4.69, 9.17) is 11.6 Å². The van der Waals surface area contributed by atoms with Gasteiger partial charge in [-0.2, -0.15) is 0 Å². The summed E-state index contributed by atoms with van der Waals surface area (Å²) in [5, 5.41) is 14.0. The van der Waals surface area contributed by atoms with Gasteiger partial charge in [-0.05, 0) is 55.0 Å². The molecule has 2 aromatic carbocycles. The molecule has 0 aliphatic rings. The Bertz CT molecular complexity index is 1370. The summed E-state index contributed by atoms with van der Waals surface area (Å²) in [6.45, 7) is 1.91. The number of halogens is 2. The third-order valence-electron chi connectivity index (χ3n) is 4.69. The summed E-state index contributed by atoms with van der Waals surface area (Å²) in [6, 6.07) is 11.9. The molecule has 0 radical (unpaired) electrons. The van der Waals surface area contributed by atoms with Crippen molar-refractivity contribution in [1.82, 2.24) is 9.13 Å². The second-order valence-electron chi connectivity index (χ2n) is 7.10. The number of anilines is 1. The molecule has 1 aromatic heterocycles. The highest BCUT2D eigenvalue weighted by molar-refractivity contribution is 9.10. The van der Waals surface area contributed by atoms with Crippen molar-refractivity contribution in [3.63, 3.8) is 0 Å². The standard InChI is InChI=1S/C22H20BrClN4O4S/c1-12-10-15(8-9-16(12)23)25-17(29)11-33-19(26-14-6-4-13(24)5-7-14)18-20(30)27(2)22(32)28(3)21(18)31/h4-10,30H,11H2,1-3H3,(H,25,29). The number of rotatable bonds is 5. The van der Waals surface area contributed by atoms with Crippen LogP contribution in [-0.4, -0.2) is 30.9 Å². The van der Waals surface area contributed by atoms with Crippen molar-refractivity contribution >= 4 is 61.6 Å². The Morgan fingerprint density at radius 2 is 1.82 bits per heavy atom. The first-order valence-corrected chi connectivity index (χ1v) is 11.8. The minimum Gasteiger partial charge on any atom is -0.494 e. The van der Waals surface area contributed by atoms with E-state index in [0.717, 1.165) is 30.9 Å². The van der Waals surface area contributed by atoms with Crippen molar-refractivity contribution < 1.29 is 9.90 Å². The average molecular weight is 552 g/mol. The summed E-state index contributed by atoms with van der Waals surface area (Å²) in [5.74, 6) is -0.952. The summed E-state index contributed by atoms with van der Waals surface area (Å²) in [5.41, 5.74) is 0.468. The van der Waals surface area contributed by atoms with Gasteiger partial charge in [-0.3, -0.25) is 18.7 Å². The minimum atomic E-state index is -0.722. The van der Waals surface area contributed by atoms with Gasteiger partial charge < -0.3 is 10.4 Å². The first-order chi connectivity index (χ1) is 15.6. The van der Waals surface area contributed by atoms with Crippen molar-refractivity contribution in [2.45, 2.75) is 6.92 Å². The fourth-order valence-corrected chi connectivity index (χ4v) is 4.07. The summed E-state index contributed by atoms with van der Waals surface area (Å²) < 4.78 is 2.74. The number of benzene rings is 2. The van der Waals surface area contributed by atoms with Crippen LogP contribution in [0.3, 0.4) is 0 Å². The molecule has 172 valence electrons. The van der Waals surface area contributed by atoms with Crippen LogP contribution < -0.4 is 16.6 Å². The molecule has 2 N–H and O–H groups in total. The molecule has 3 aromatic rings. The van der Waals surface area contributed by atoms with E-state index < -0.39 is 17.1 Å². The van der Waals surface area contributed by atoms with E-state index in [1.165, 1.54) is 14.1 Å². The normalized spacial score (nSPS) is 11.5. The molecule has 0 unspecified atom stereocenters. The maximum Gasteiger partial charge on any atom is 0.333 e. The molecule has 0 aliphatic carbocycles. The number of thioether (sulfide) groups is 1. The number of carbonyl (C=O) groups excluding carboxylic acids is 1. The van der Waals surface area contributed by atoms with Crippen molar-refractivity contribution in [2.24, 2.45) is 19.1 Å². The van der Waals surface area contributed by atoms with Crippen LogP contribution in [-0.2, 0) is 18.9 Å². The number of aryl methyl sites for hydroxylation is 1. The van der Waals surface area contributed by atoms with E-state index >= 15 is 0 Å². The molecular weight excluding hydrogens is 532 g/mol. The highest BCUT2D eigenvalue weighted by Crippen LogP contribution is 2.25. The van der Waals surface area contributed by atoms with Crippen LogP contribution in [0.2, 0.25) is 5.02 Å². The number of hydrogen-bond acceptors (Lipinski definition) is 6. The van der Waals surface area contributed by atoms with Crippen LogP contribution in [0.1, 0.15) is 11.1 Å². The largest absolute Gasteiger partial charge is 0.494 e. The lowest BCUT2D eigenvalue weighted by molar-refractivity contribution is -0.113. The predicted octanol–water partition coefficient (Wildman–Crippen LogP) is 3.96. The van der Waals surface area contributed by atoms with E-state index in [0.29, 0.717) is 16.4 Å². The molecule has 3 rings (SSSR count). The topological polar surface area (TPSA) is 106 Å². The molecule has 1 amide bonds. The van der Waals surface area contributed by atoms with Crippen LogP contribution in [0.5, 0.6) is 5.88 Å². The van der Waals surface area contributed by atoms with E-state index in [2.05, 4.69) is 26.2 Å². The van der Waals surface area contributed by atoms with Crippen LogP contribution in [0.15, 0.2) is 61.5 Å². The minimum absolute atomic E-state index is 0.0903. The molecule has 0 spiro atoms. The number of hydrogen-bond donors (Lipinski definition) is 2. The highest BCUT2D eigenvalue weighted by Gasteiger charge is 2.22. The van der Waals surface area contributed by atoms with E-state index in [1.54, 1.807) is 30.3 Å². The molecule has 0 atom stereocenters. The molecule has 8 nitrogen and oxygen atoms in total. The molecule has 11 heteroatoms. The number of nitrogens with one attached hydrogen (secondary N) is 1. The van der Waals surface area contributed by atoms with Crippen molar-refractivity contribution in [3.8, 4) is 5.88 Å². The summed E-state index contributed by atoms with van der Waals surface area (Å²) in [4.78, 5) is 42.0. The van der Waals surface area contributed by atoms with Crippen molar-refractivity contribution in [1.29, 1.82) is 0 Å². The van der Waals surface area contributed by atoms with Gasteiger partial charge in [-0.15, -0.1) is 0 Å². The number of amides is 1.